The molecule has 1 heterocycles. The summed E-state index contributed by atoms with van der Waals surface area (Å²) in [6, 6.07) is 8.06. The first-order valence-electron chi connectivity index (χ1n) is 8.50. The van der Waals surface area contributed by atoms with Gasteiger partial charge in [0, 0.05) is 32.3 Å². The van der Waals surface area contributed by atoms with Gasteiger partial charge in [-0.25, -0.2) is 17.9 Å². The smallest absolute Gasteiger partial charge is 0.302 e. The molecule has 0 amide bonds. The minimum absolute atomic E-state index is 0.193. The van der Waals surface area contributed by atoms with Gasteiger partial charge in [-0.1, -0.05) is 31.2 Å². The zero-order chi connectivity index (χ0) is 19.1. The number of nitrogens with zero attached hydrogens (tertiary/aromatic N) is 2. The summed E-state index contributed by atoms with van der Waals surface area (Å²) in [6.07, 6.45) is 3.90. The number of hydrogen-bond donors (Lipinski definition) is 1. The topological polar surface area (TPSA) is 90.2 Å². The number of aryl methyl sites for hydroxylation is 2. The predicted octanol–water partition coefficient (Wildman–Crippen LogP) is 0.656. The zero-order valence-corrected chi connectivity index (χ0v) is 16.0. The first kappa shape index (κ1) is 18.6. The first-order chi connectivity index (χ1) is 12.2. The van der Waals surface area contributed by atoms with E-state index >= 15 is 0 Å². The van der Waals surface area contributed by atoms with Crippen molar-refractivity contribution >= 4 is 10.0 Å². The van der Waals surface area contributed by atoms with Crippen LogP contribution in [0.4, 0.5) is 0 Å². The van der Waals surface area contributed by atoms with Crippen molar-refractivity contribution in [2.24, 2.45) is 14.1 Å². The van der Waals surface area contributed by atoms with Crippen LogP contribution in [-0.2, 0) is 36.0 Å². The minimum Gasteiger partial charge on any atom is -0.302 e. The van der Waals surface area contributed by atoms with Crippen molar-refractivity contribution in [3.8, 4) is 0 Å². The van der Waals surface area contributed by atoms with Crippen molar-refractivity contribution in [1.82, 2.24) is 13.9 Å². The number of rotatable bonds is 4. The van der Waals surface area contributed by atoms with E-state index in [2.05, 4.69) is 10.8 Å². The van der Waals surface area contributed by atoms with E-state index in [1.165, 1.54) is 19.7 Å². The van der Waals surface area contributed by atoms with Gasteiger partial charge in [0.1, 0.15) is 0 Å². The van der Waals surface area contributed by atoms with E-state index in [-0.39, 0.29) is 12.0 Å². The van der Waals surface area contributed by atoms with Crippen LogP contribution in [0.1, 0.15) is 30.9 Å². The van der Waals surface area contributed by atoms with Crippen molar-refractivity contribution in [1.29, 1.82) is 0 Å². The molecule has 0 bridgehead atoms. The molecule has 1 atom stereocenters. The Morgan fingerprint density at radius 3 is 2.62 bits per heavy atom. The lowest BCUT2D eigenvalue weighted by molar-refractivity contribution is 0.389. The zero-order valence-electron chi connectivity index (χ0n) is 15.2. The van der Waals surface area contributed by atoms with Crippen LogP contribution in [0, 0.1) is 0 Å². The molecule has 0 fully saturated rings. The second-order valence-electron chi connectivity index (χ2n) is 7.15. The summed E-state index contributed by atoms with van der Waals surface area (Å²) >= 11 is 0. The molecule has 0 aliphatic heterocycles. The molecule has 26 heavy (non-hydrogen) atoms. The molecule has 1 N–H and O–H groups in total. The highest BCUT2D eigenvalue weighted by atomic mass is 32.2. The van der Waals surface area contributed by atoms with E-state index in [4.69, 9.17) is 0 Å². The Kier molecular flexibility index (Phi) is 4.66. The Balaban J connectivity index is 1.93. The van der Waals surface area contributed by atoms with Crippen LogP contribution in [0.15, 0.2) is 44.9 Å². The Bertz CT molecular complexity index is 1070. The van der Waals surface area contributed by atoms with Gasteiger partial charge in [0.15, 0.2) is 4.90 Å². The fourth-order valence-electron chi connectivity index (χ4n) is 3.61. The molecule has 1 unspecified atom stereocenters. The summed E-state index contributed by atoms with van der Waals surface area (Å²) in [5.74, 6) is 0. The average molecular weight is 377 g/mol. The number of sulfonamides is 1. The molecule has 2 aromatic rings. The van der Waals surface area contributed by atoms with Crippen molar-refractivity contribution in [2.45, 2.75) is 36.5 Å². The second-order valence-corrected chi connectivity index (χ2v) is 8.88. The number of aromatic nitrogens is 2. The molecule has 3 rings (SSSR count). The number of benzene rings is 1. The third-order valence-corrected chi connectivity index (χ3v) is 6.58. The summed E-state index contributed by atoms with van der Waals surface area (Å²) in [4.78, 5) is 23.6. The van der Waals surface area contributed by atoms with E-state index < -0.39 is 26.2 Å². The van der Waals surface area contributed by atoms with Gasteiger partial charge in [-0.3, -0.25) is 9.36 Å². The van der Waals surface area contributed by atoms with Crippen LogP contribution in [0.25, 0.3) is 0 Å². The van der Waals surface area contributed by atoms with Gasteiger partial charge in [-0.05, 0) is 30.4 Å². The fraction of sp³-hybridized carbons (Fsp3) is 0.444. The summed E-state index contributed by atoms with van der Waals surface area (Å²) in [5.41, 5.74) is 0.645. The number of fused-ring (bicyclic) bond motifs is 1. The highest BCUT2D eigenvalue weighted by Gasteiger charge is 2.33. The minimum atomic E-state index is -4.04. The Labute approximate surface area is 152 Å². The van der Waals surface area contributed by atoms with E-state index in [1.807, 2.05) is 25.1 Å². The molecular weight excluding hydrogens is 354 g/mol. The van der Waals surface area contributed by atoms with E-state index in [1.54, 1.807) is 0 Å². The van der Waals surface area contributed by atoms with Crippen molar-refractivity contribution < 1.29 is 8.42 Å². The molecular formula is C18H23N3O4S. The molecule has 0 radical (unpaired) electrons. The van der Waals surface area contributed by atoms with Gasteiger partial charge >= 0.3 is 5.69 Å². The third kappa shape index (κ3) is 3.14. The predicted molar refractivity (Wildman–Crippen MR) is 98.8 cm³/mol. The van der Waals surface area contributed by atoms with Crippen LogP contribution in [-0.4, -0.2) is 24.1 Å². The first-order valence-corrected chi connectivity index (χ1v) is 9.99. The highest BCUT2D eigenvalue weighted by Crippen LogP contribution is 2.36. The maximum atomic E-state index is 12.7. The molecule has 1 aliphatic carbocycles. The summed E-state index contributed by atoms with van der Waals surface area (Å²) < 4.78 is 29.9. The van der Waals surface area contributed by atoms with Crippen LogP contribution in [0.2, 0.25) is 0 Å². The van der Waals surface area contributed by atoms with Crippen molar-refractivity contribution in [2.75, 3.05) is 6.54 Å². The Morgan fingerprint density at radius 2 is 1.88 bits per heavy atom. The molecule has 0 saturated carbocycles. The van der Waals surface area contributed by atoms with E-state index in [0.29, 0.717) is 0 Å². The van der Waals surface area contributed by atoms with Crippen LogP contribution >= 0.6 is 0 Å². The maximum absolute atomic E-state index is 12.7. The molecule has 1 aromatic carbocycles. The maximum Gasteiger partial charge on any atom is 0.330 e. The van der Waals surface area contributed by atoms with Gasteiger partial charge < -0.3 is 4.57 Å². The SMILES string of the molecule is Cn1cc(S(=O)(=O)NCC2(C)CCCc3ccccc32)c(=O)n(C)c1=O. The molecule has 1 aliphatic rings. The van der Waals surface area contributed by atoms with E-state index in [9.17, 15) is 18.0 Å². The summed E-state index contributed by atoms with van der Waals surface area (Å²) in [6.45, 7) is 2.23. The van der Waals surface area contributed by atoms with Crippen molar-refractivity contribution in [3.05, 3.63) is 62.4 Å². The van der Waals surface area contributed by atoms with Crippen molar-refractivity contribution in [3.63, 3.8) is 0 Å². The largest absolute Gasteiger partial charge is 0.330 e. The van der Waals surface area contributed by atoms with Gasteiger partial charge in [-0.15, -0.1) is 0 Å². The number of nitrogens with one attached hydrogen (secondary N) is 1. The summed E-state index contributed by atoms with van der Waals surface area (Å²) in [7, 11) is -1.35. The second kappa shape index (κ2) is 6.51. The summed E-state index contributed by atoms with van der Waals surface area (Å²) in [5, 5.41) is 0. The average Bonchev–Trinajstić information content (AvgIpc) is 2.62. The highest BCUT2D eigenvalue weighted by molar-refractivity contribution is 7.89. The van der Waals surface area contributed by atoms with Gasteiger partial charge in [0.2, 0.25) is 10.0 Å². The van der Waals surface area contributed by atoms with Gasteiger partial charge in [-0.2, -0.15) is 0 Å². The lowest BCUT2D eigenvalue weighted by atomic mass is 9.71. The molecule has 8 heteroatoms. The van der Waals surface area contributed by atoms with Gasteiger partial charge in [0.25, 0.3) is 5.56 Å². The molecule has 140 valence electrons. The fourth-order valence-corrected chi connectivity index (χ4v) is 4.93. The molecule has 0 spiro atoms. The standard InChI is InChI=1S/C18H23N3O4S/c1-18(10-6-8-13-7-4-5-9-14(13)18)12-19-26(24,25)15-11-20(2)17(23)21(3)16(15)22/h4-5,7,9,11,19H,6,8,10,12H2,1-3H3. The van der Waals surface area contributed by atoms with Crippen LogP contribution < -0.4 is 16.0 Å². The quantitative estimate of drug-likeness (QED) is 0.847. The van der Waals surface area contributed by atoms with Crippen LogP contribution in [0.3, 0.4) is 0 Å². The third-order valence-electron chi connectivity index (χ3n) is 5.20. The molecule has 1 aromatic heterocycles. The normalized spacial score (nSPS) is 20.0. The monoisotopic (exact) mass is 377 g/mol. The lowest BCUT2D eigenvalue weighted by Crippen LogP contribution is -2.45. The van der Waals surface area contributed by atoms with Crippen LogP contribution in [0.5, 0.6) is 0 Å². The Morgan fingerprint density at radius 1 is 1.19 bits per heavy atom. The number of hydrogen-bond acceptors (Lipinski definition) is 4. The van der Waals surface area contributed by atoms with Gasteiger partial charge in [0.05, 0.1) is 0 Å². The lowest BCUT2D eigenvalue weighted by Gasteiger charge is -2.36. The molecule has 0 saturated heterocycles. The molecule has 7 nitrogen and oxygen atoms in total. The Hall–Kier alpha value is -2.19. The van der Waals surface area contributed by atoms with E-state index in [0.717, 1.165) is 40.2 Å².